The van der Waals surface area contributed by atoms with Crippen molar-refractivity contribution in [3.63, 3.8) is 0 Å². The first kappa shape index (κ1) is 27.8. The smallest absolute Gasteiger partial charge is 0.244 e. The van der Waals surface area contributed by atoms with Crippen LogP contribution in [0.2, 0.25) is 10.0 Å². The molecular formula is C23H29Cl2N3O5S. The van der Waals surface area contributed by atoms with Crippen molar-refractivity contribution >= 4 is 50.7 Å². The van der Waals surface area contributed by atoms with Gasteiger partial charge in [0.05, 0.1) is 19.1 Å². The van der Waals surface area contributed by atoms with Gasteiger partial charge in [0.1, 0.15) is 18.3 Å². The Morgan fingerprint density at radius 1 is 1.12 bits per heavy atom. The van der Waals surface area contributed by atoms with Crippen LogP contribution in [0.1, 0.15) is 25.8 Å². The summed E-state index contributed by atoms with van der Waals surface area (Å²) in [6, 6.07) is 10.5. The van der Waals surface area contributed by atoms with Gasteiger partial charge >= 0.3 is 0 Å². The van der Waals surface area contributed by atoms with Gasteiger partial charge in [-0.05, 0) is 43.2 Å². The molecule has 1 atom stereocenters. The third kappa shape index (κ3) is 7.01. The molecule has 2 aromatic rings. The number of rotatable bonds is 11. The van der Waals surface area contributed by atoms with Crippen molar-refractivity contribution in [2.45, 2.75) is 32.9 Å². The minimum atomic E-state index is -3.87. The van der Waals surface area contributed by atoms with Crippen LogP contribution in [0.25, 0.3) is 0 Å². The highest BCUT2D eigenvalue weighted by atomic mass is 35.5. The number of carbonyl (C=O) groups is 2. The molecule has 0 bridgehead atoms. The van der Waals surface area contributed by atoms with Crippen LogP contribution in [-0.2, 0) is 26.2 Å². The second-order valence-corrected chi connectivity index (χ2v) is 10.3. The lowest BCUT2D eigenvalue weighted by Gasteiger charge is -2.33. The maximum absolute atomic E-state index is 13.6. The van der Waals surface area contributed by atoms with Crippen LogP contribution >= 0.6 is 23.2 Å². The van der Waals surface area contributed by atoms with E-state index in [0.29, 0.717) is 34.3 Å². The number of amides is 2. The molecule has 34 heavy (non-hydrogen) atoms. The number of likely N-dealkylation sites (N-methyl/N-ethyl adjacent to an activating group) is 1. The zero-order valence-corrected chi connectivity index (χ0v) is 21.9. The molecule has 0 spiro atoms. The van der Waals surface area contributed by atoms with Crippen LogP contribution in [0.3, 0.4) is 0 Å². The van der Waals surface area contributed by atoms with Crippen LogP contribution in [0.4, 0.5) is 5.69 Å². The van der Waals surface area contributed by atoms with Crippen molar-refractivity contribution in [2.24, 2.45) is 0 Å². The van der Waals surface area contributed by atoms with Crippen LogP contribution in [-0.4, -0.2) is 57.6 Å². The first-order valence-electron chi connectivity index (χ1n) is 10.6. The lowest BCUT2D eigenvalue weighted by Crippen LogP contribution is -2.52. The second-order valence-electron chi connectivity index (χ2n) is 7.52. The summed E-state index contributed by atoms with van der Waals surface area (Å²) in [6.07, 6.45) is 1.32. The zero-order chi connectivity index (χ0) is 25.5. The summed E-state index contributed by atoms with van der Waals surface area (Å²) < 4.78 is 31.6. The second kappa shape index (κ2) is 12.3. The average molecular weight is 530 g/mol. The van der Waals surface area contributed by atoms with Gasteiger partial charge in [-0.15, -0.1) is 0 Å². The number of para-hydroxylation sites is 2. The lowest BCUT2D eigenvalue weighted by atomic mass is 10.1. The van der Waals surface area contributed by atoms with Crippen molar-refractivity contribution in [3.05, 3.63) is 58.1 Å². The van der Waals surface area contributed by atoms with Crippen molar-refractivity contribution in [1.82, 2.24) is 10.2 Å². The Morgan fingerprint density at radius 3 is 2.35 bits per heavy atom. The predicted molar refractivity (Wildman–Crippen MR) is 135 cm³/mol. The molecule has 0 fully saturated rings. The quantitative estimate of drug-likeness (QED) is 0.478. The molecule has 0 heterocycles. The molecule has 1 N–H and O–H groups in total. The summed E-state index contributed by atoms with van der Waals surface area (Å²) in [4.78, 5) is 27.7. The molecule has 186 valence electrons. The molecule has 8 nitrogen and oxygen atoms in total. The largest absolute Gasteiger partial charge is 0.495 e. The number of hydrogen-bond donors (Lipinski definition) is 1. The fraction of sp³-hybridized carbons (Fsp3) is 0.391. The summed E-state index contributed by atoms with van der Waals surface area (Å²) in [5.74, 6) is -0.615. The maximum Gasteiger partial charge on any atom is 0.244 e. The number of nitrogens with zero attached hydrogens (tertiary/aromatic N) is 2. The molecule has 11 heteroatoms. The first-order chi connectivity index (χ1) is 16.0. The Bertz CT molecular complexity index is 1130. The minimum Gasteiger partial charge on any atom is -0.495 e. The van der Waals surface area contributed by atoms with Gasteiger partial charge in [-0.3, -0.25) is 13.9 Å². The minimum absolute atomic E-state index is 0.00595. The molecule has 0 unspecified atom stereocenters. The zero-order valence-electron chi connectivity index (χ0n) is 19.5. The summed E-state index contributed by atoms with van der Waals surface area (Å²) in [5.41, 5.74) is 0.793. The SMILES string of the molecule is CCNC(=O)[C@@H](CC)N(Cc1ccc(Cl)cc1Cl)C(=O)CN(c1ccccc1OC)S(C)(=O)=O. The van der Waals surface area contributed by atoms with E-state index in [4.69, 9.17) is 27.9 Å². The Morgan fingerprint density at radius 2 is 1.79 bits per heavy atom. The maximum atomic E-state index is 13.6. The Labute approximate surface area is 210 Å². The van der Waals surface area contributed by atoms with Gasteiger partial charge in [0, 0.05) is 23.1 Å². The van der Waals surface area contributed by atoms with Crippen LogP contribution in [0, 0.1) is 0 Å². The standard InChI is InChI=1S/C23H29Cl2N3O5S/c1-5-19(23(30)26-6-2)27(14-16-11-12-17(24)13-18(16)25)22(29)15-28(34(4,31)32)20-9-7-8-10-21(20)33-3/h7-13,19H,5-6,14-15H2,1-4H3,(H,26,30)/t19-/m1/s1. The van der Waals surface area contributed by atoms with E-state index in [9.17, 15) is 18.0 Å². The molecule has 2 amide bonds. The molecule has 0 saturated heterocycles. The van der Waals surface area contributed by atoms with Gasteiger partial charge in [-0.2, -0.15) is 0 Å². The number of nitrogens with one attached hydrogen (secondary N) is 1. The predicted octanol–water partition coefficient (Wildman–Crippen LogP) is 3.71. The fourth-order valence-corrected chi connectivity index (χ4v) is 4.80. The van der Waals surface area contributed by atoms with E-state index in [-0.39, 0.29) is 18.1 Å². The normalized spacial score (nSPS) is 12.1. The van der Waals surface area contributed by atoms with E-state index in [1.54, 1.807) is 56.3 Å². The Kier molecular flexibility index (Phi) is 10.0. The number of sulfonamides is 1. The number of halogens is 2. The van der Waals surface area contributed by atoms with E-state index in [0.717, 1.165) is 10.6 Å². The van der Waals surface area contributed by atoms with Crippen LogP contribution < -0.4 is 14.4 Å². The number of hydrogen-bond acceptors (Lipinski definition) is 5. The molecular weight excluding hydrogens is 501 g/mol. The molecule has 0 aliphatic carbocycles. The van der Waals surface area contributed by atoms with Gasteiger partial charge in [0.15, 0.2) is 0 Å². The van der Waals surface area contributed by atoms with E-state index in [1.165, 1.54) is 12.0 Å². The number of ether oxygens (including phenoxy) is 1. The molecule has 0 saturated carbocycles. The lowest BCUT2D eigenvalue weighted by molar-refractivity contribution is -0.140. The number of carbonyl (C=O) groups excluding carboxylic acids is 2. The number of benzene rings is 2. The van der Waals surface area contributed by atoms with E-state index < -0.39 is 28.5 Å². The molecule has 0 aliphatic heterocycles. The third-order valence-corrected chi connectivity index (χ3v) is 6.84. The monoisotopic (exact) mass is 529 g/mol. The Balaban J connectivity index is 2.50. The van der Waals surface area contributed by atoms with Crippen LogP contribution in [0.5, 0.6) is 5.75 Å². The highest BCUT2D eigenvalue weighted by Crippen LogP contribution is 2.30. The molecule has 2 rings (SSSR count). The first-order valence-corrected chi connectivity index (χ1v) is 13.3. The number of methoxy groups -OCH3 is 1. The summed E-state index contributed by atoms with van der Waals surface area (Å²) in [5, 5.41) is 3.50. The van der Waals surface area contributed by atoms with Gasteiger partial charge < -0.3 is 15.0 Å². The summed E-state index contributed by atoms with van der Waals surface area (Å²) in [6.45, 7) is 3.40. The van der Waals surface area contributed by atoms with Gasteiger partial charge in [-0.1, -0.05) is 48.3 Å². The Hall–Kier alpha value is -2.49. The van der Waals surface area contributed by atoms with E-state index in [1.807, 2.05) is 0 Å². The number of anilines is 1. The summed E-state index contributed by atoms with van der Waals surface area (Å²) >= 11 is 12.3. The van der Waals surface area contributed by atoms with E-state index in [2.05, 4.69) is 5.32 Å². The highest BCUT2D eigenvalue weighted by Gasteiger charge is 2.32. The topological polar surface area (TPSA) is 96.0 Å². The highest BCUT2D eigenvalue weighted by molar-refractivity contribution is 7.92. The van der Waals surface area contributed by atoms with Crippen molar-refractivity contribution in [1.29, 1.82) is 0 Å². The van der Waals surface area contributed by atoms with Gasteiger partial charge in [0.2, 0.25) is 21.8 Å². The molecule has 0 radical (unpaired) electrons. The molecule has 0 aromatic heterocycles. The van der Waals surface area contributed by atoms with E-state index >= 15 is 0 Å². The molecule has 0 aliphatic rings. The fourth-order valence-electron chi connectivity index (χ4n) is 3.48. The average Bonchev–Trinajstić information content (AvgIpc) is 2.78. The van der Waals surface area contributed by atoms with Crippen molar-refractivity contribution in [3.8, 4) is 5.75 Å². The van der Waals surface area contributed by atoms with Crippen LogP contribution in [0.15, 0.2) is 42.5 Å². The third-order valence-electron chi connectivity index (χ3n) is 5.13. The summed E-state index contributed by atoms with van der Waals surface area (Å²) in [7, 11) is -2.45. The van der Waals surface area contributed by atoms with Crippen molar-refractivity contribution < 1.29 is 22.7 Å². The van der Waals surface area contributed by atoms with Gasteiger partial charge in [0.25, 0.3) is 0 Å². The molecule has 2 aromatic carbocycles. The van der Waals surface area contributed by atoms with Gasteiger partial charge in [-0.25, -0.2) is 8.42 Å². The van der Waals surface area contributed by atoms with Crippen molar-refractivity contribution in [2.75, 3.05) is 30.8 Å².